The van der Waals surface area contributed by atoms with Crippen LogP contribution in [-0.2, 0) is 32.9 Å². The molecular weight excluding hydrogens is 560 g/mol. The van der Waals surface area contributed by atoms with Gasteiger partial charge in [0.1, 0.15) is 40.3 Å². The van der Waals surface area contributed by atoms with E-state index in [1.165, 1.54) is 48.5 Å². The lowest BCUT2D eigenvalue weighted by atomic mass is 10.0. The average molecular weight is 585 g/mol. The summed E-state index contributed by atoms with van der Waals surface area (Å²) in [4.78, 5) is 0.109. The van der Waals surface area contributed by atoms with Gasteiger partial charge >= 0.3 is 0 Å². The van der Waals surface area contributed by atoms with Crippen molar-refractivity contribution in [3.63, 3.8) is 0 Å². The van der Waals surface area contributed by atoms with Gasteiger partial charge in [-0.15, -0.1) is 0 Å². The van der Waals surface area contributed by atoms with E-state index in [1.807, 2.05) is 24.3 Å². The molecule has 41 heavy (non-hydrogen) atoms. The minimum Gasteiger partial charge on any atom is -0.508 e. The number of phenolic OH excluding ortho intramolecular Hbond substituents is 1. The van der Waals surface area contributed by atoms with Gasteiger partial charge in [0.15, 0.2) is 0 Å². The average Bonchev–Trinajstić information content (AvgIpc) is 3.01. The maximum absolute atomic E-state index is 14.0. The fraction of sp³-hybridized carbons (Fsp3) is 0.0625. The van der Waals surface area contributed by atoms with Crippen LogP contribution >= 0.6 is 0 Å². The van der Waals surface area contributed by atoms with Crippen LogP contribution in [0, 0.1) is 0 Å². The summed E-state index contributed by atoms with van der Waals surface area (Å²) >= 11 is 0. The second kappa shape index (κ2) is 10.4. The van der Waals surface area contributed by atoms with E-state index in [-0.39, 0.29) is 50.0 Å². The van der Waals surface area contributed by atoms with Gasteiger partial charge < -0.3 is 14.6 Å². The van der Waals surface area contributed by atoms with Crippen LogP contribution in [0.25, 0.3) is 11.1 Å². The quantitative estimate of drug-likeness (QED) is 0.269. The predicted octanol–water partition coefficient (Wildman–Crippen LogP) is 6.20. The van der Waals surface area contributed by atoms with Gasteiger partial charge in [0.2, 0.25) is 19.7 Å². The van der Waals surface area contributed by atoms with Crippen LogP contribution in [0.3, 0.4) is 0 Å². The summed E-state index contributed by atoms with van der Waals surface area (Å²) in [6.07, 6.45) is 0. The summed E-state index contributed by atoms with van der Waals surface area (Å²) in [7, 11) is -7.91. The van der Waals surface area contributed by atoms with Crippen molar-refractivity contribution in [2.24, 2.45) is 0 Å². The number of phenols is 1. The minimum absolute atomic E-state index is 0.0220. The zero-order valence-electron chi connectivity index (χ0n) is 21.6. The molecule has 1 N–H and O–H groups in total. The minimum atomic E-state index is -4.07. The third kappa shape index (κ3) is 4.94. The highest BCUT2D eigenvalue weighted by atomic mass is 32.2. The number of fused-ring (bicyclic) bond motifs is 3. The van der Waals surface area contributed by atoms with E-state index in [9.17, 15) is 21.9 Å². The molecule has 0 spiro atoms. The first kappa shape index (κ1) is 26.6. The summed E-state index contributed by atoms with van der Waals surface area (Å²) in [5.41, 5.74) is 2.79. The molecule has 9 heteroatoms. The molecule has 0 radical (unpaired) electrons. The maximum atomic E-state index is 14.0. The van der Waals surface area contributed by atoms with Crippen molar-refractivity contribution in [1.82, 2.24) is 0 Å². The second-order valence-corrected chi connectivity index (χ2v) is 13.3. The fourth-order valence-corrected chi connectivity index (χ4v) is 7.55. The number of benzene rings is 5. The molecule has 0 fully saturated rings. The molecule has 1 heterocycles. The Morgan fingerprint density at radius 1 is 0.610 bits per heavy atom. The van der Waals surface area contributed by atoms with E-state index in [0.717, 1.165) is 11.1 Å². The van der Waals surface area contributed by atoms with Crippen molar-refractivity contribution in [2.45, 2.75) is 32.8 Å². The van der Waals surface area contributed by atoms with Gasteiger partial charge in [-0.05, 0) is 71.3 Å². The summed E-state index contributed by atoms with van der Waals surface area (Å²) in [6, 6.07) is 30.4. The highest BCUT2D eigenvalue weighted by Crippen LogP contribution is 2.41. The Morgan fingerprint density at radius 3 is 1.85 bits per heavy atom. The Morgan fingerprint density at radius 2 is 1.17 bits per heavy atom. The lowest BCUT2D eigenvalue weighted by Crippen LogP contribution is -2.08. The molecule has 1 aliphatic rings. The maximum Gasteiger partial charge on any atom is 0.213 e. The molecule has 0 saturated carbocycles. The van der Waals surface area contributed by atoms with Crippen LogP contribution in [0.4, 0.5) is 0 Å². The smallest absolute Gasteiger partial charge is 0.213 e. The zero-order valence-corrected chi connectivity index (χ0v) is 23.2. The standard InChI is InChI=1S/C32H24O7S2/c33-25-14-18-27(19-15-25)40(34,35)26-16-12-22(13-17-26)28-8-5-11-31-32(28)39-21-24-7-2-1-6-23(24)20-38-29-9-3-4-10-30(29)41(31,36)37/h1-19,33H,20-21H2. The molecule has 7 nitrogen and oxygen atoms in total. The first-order valence-corrected chi connectivity index (χ1v) is 15.7. The summed E-state index contributed by atoms with van der Waals surface area (Å²) in [5, 5.41) is 9.53. The number of ether oxygens (including phenoxy) is 2. The van der Waals surface area contributed by atoms with Crippen LogP contribution in [0.2, 0.25) is 0 Å². The van der Waals surface area contributed by atoms with E-state index in [1.54, 1.807) is 42.5 Å². The van der Waals surface area contributed by atoms with Gasteiger partial charge in [-0.25, -0.2) is 16.8 Å². The summed E-state index contributed by atoms with van der Waals surface area (Å²) in [5.74, 6) is 0.367. The largest absolute Gasteiger partial charge is 0.508 e. The molecule has 0 amide bonds. The number of hydrogen-bond donors (Lipinski definition) is 1. The number of rotatable bonds is 3. The number of hydrogen-bond acceptors (Lipinski definition) is 7. The van der Waals surface area contributed by atoms with Crippen LogP contribution in [0.1, 0.15) is 11.1 Å². The number of sulfone groups is 2. The molecule has 1 aliphatic heterocycles. The molecule has 0 bridgehead atoms. The molecule has 5 aromatic rings. The Bertz CT molecular complexity index is 1960. The van der Waals surface area contributed by atoms with Crippen molar-refractivity contribution in [3.8, 4) is 28.4 Å². The van der Waals surface area contributed by atoms with Crippen LogP contribution in [0.15, 0.2) is 135 Å². The van der Waals surface area contributed by atoms with Crippen molar-refractivity contribution >= 4 is 19.7 Å². The highest BCUT2D eigenvalue weighted by Gasteiger charge is 2.29. The molecule has 0 aromatic heterocycles. The first-order chi connectivity index (χ1) is 19.7. The van der Waals surface area contributed by atoms with E-state index in [4.69, 9.17) is 9.47 Å². The van der Waals surface area contributed by atoms with E-state index >= 15 is 0 Å². The highest BCUT2D eigenvalue weighted by molar-refractivity contribution is 7.92. The van der Waals surface area contributed by atoms with Crippen molar-refractivity contribution in [3.05, 3.63) is 126 Å². The van der Waals surface area contributed by atoms with E-state index < -0.39 is 19.7 Å². The van der Waals surface area contributed by atoms with Crippen LogP contribution in [0.5, 0.6) is 17.2 Å². The molecule has 0 saturated heterocycles. The van der Waals surface area contributed by atoms with Crippen LogP contribution in [-0.4, -0.2) is 21.9 Å². The Balaban J connectivity index is 1.48. The van der Waals surface area contributed by atoms with Gasteiger partial charge in [0, 0.05) is 5.56 Å². The van der Waals surface area contributed by atoms with E-state index in [0.29, 0.717) is 11.1 Å². The Hall–Kier alpha value is -4.60. The zero-order chi connectivity index (χ0) is 28.6. The summed E-state index contributed by atoms with van der Waals surface area (Å²) in [6.45, 7) is 0.273. The number of para-hydroxylation sites is 2. The molecule has 206 valence electrons. The third-order valence-electron chi connectivity index (χ3n) is 6.90. The molecular formula is C32H24O7S2. The van der Waals surface area contributed by atoms with Crippen LogP contribution < -0.4 is 9.47 Å². The van der Waals surface area contributed by atoms with Crippen molar-refractivity contribution in [1.29, 1.82) is 0 Å². The SMILES string of the molecule is O=S(=O)(c1ccc(O)cc1)c1ccc(-c2cccc3c2OCc2ccccc2COc2ccccc2S3(=O)=O)cc1. The first-order valence-electron chi connectivity index (χ1n) is 12.7. The molecule has 0 atom stereocenters. The van der Waals surface area contributed by atoms with Gasteiger partial charge in [-0.3, -0.25) is 0 Å². The monoisotopic (exact) mass is 584 g/mol. The number of aromatic hydroxyl groups is 1. The topological polar surface area (TPSA) is 107 Å². The van der Waals surface area contributed by atoms with Gasteiger partial charge in [0.25, 0.3) is 0 Å². The second-order valence-electron chi connectivity index (χ2n) is 9.45. The molecule has 0 unspecified atom stereocenters. The third-order valence-corrected chi connectivity index (χ3v) is 10.5. The normalized spacial score (nSPS) is 14.2. The lowest BCUT2D eigenvalue weighted by Gasteiger charge is -2.17. The van der Waals surface area contributed by atoms with Gasteiger partial charge in [-0.1, -0.05) is 60.7 Å². The molecule has 6 rings (SSSR count). The van der Waals surface area contributed by atoms with Gasteiger partial charge in [0.05, 0.1) is 9.79 Å². The van der Waals surface area contributed by atoms with Crippen molar-refractivity contribution < 1.29 is 31.4 Å². The Labute approximate surface area is 238 Å². The van der Waals surface area contributed by atoms with Crippen molar-refractivity contribution in [2.75, 3.05) is 0 Å². The fourth-order valence-electron chi connectivity index (χ4n) is 4.73. The van der Waals surface area contributed by atoms with E-state index in [2.05, 4.69) is 0 Å². The Kier molecular flexibility index (Phi) is 6.76. The molecule has 5 aromatic carbocycles. The van der Waals surface area contributed by atoms with Gasteiger partial charge in [-0.2, -0.15) is 0 Å². The lowest BCUT2D eigenvalue weighted by molar-refractivity contribution is 0.281. The predicted molar refractivity (Wildman–Crippen MR) is 152 cm³/mol. The summed E-state index contributed by atoms with van der Waals surface area (Å²) < 4.78 is 66.6. The molecule has 0 aliphatic carbocycles.